The van der Waals surface area contributed by atoms with E-state index in [0.29, 0.717) is 19.0 Å². The highest BCUT2D eigenvalue weighted by Gasteiger charge is 2.25. The summed E-state index contributed by atoms with van der Waals surface area (Å²) in [6, 6.07) is 8.00. The highest BCUT2D eigenvalue weighted by atomic mass is 32.2. The lowest BCUT2D eigenvalue weighted by molar-refractivity contribution is 0.0724. The quantitative estimate of drug-likeness (QED) is 0.825. The van der Waals surface area contributed by atoms with Crippen LogP contribution in [0.25, 0.3) is 0 Å². The van der Waals surface area contributed by atoms with Gasteiger partial charge in [0.15, 0.2) is 0 Å². The molecule has 0 unspecified atom stereocenters. The van der Waals surface area contributed by atoms with Crippen LogP contribution >= 0.6 is 0 Å². The van der Waals surface area contributed by atoms with E-state index in [4.69, 9.17) is 0 Å². The fourth-order valence-electron chi connectivity index (χ4n) is 3.84. The molecule has 2 heterocycles. The smallest absolute Gasteiger partial charge is 0.253 e. The first kappa shape index (κ1) is 18.4. The number of carbonyl (C=O) groups is 1. The standard InChI is InChI=1S/C19H28N2O3S/c1-25(23,24)21-13-9-17(10-14-21)15-16-5-7-18(8-6-16)19(22)20-11-3-2-4-12-20/h5-8,17H,2-4,9-15H2,1H3. The van der Waals surface area contributed by atoms with Gasteiger partial charge in [0.25, 0.3) is 5.91 Å². The highest BCUT2D eigenvalue weighted by Crippen LogP contribution is 2.23. The zero-order chi connectivity index (χ0) is 17.9. The monoisotopic (exact) mass is 364 g/mol. The van der Waals surface area contributed by atoms with Crippen LogP contribution in [-0.4, -0.2) is 56.0 Å². The largest absolute Gasteiger partial charge is 0.339 e. The van der Waals surface area contributed by atoms with Gasteiger partial charge in [-0.2, -0.15) is 0 Å². The molecular formula is C19H28N2O3S. The van der Waals surface area contributed by atoms with Gasteiger partial charge in [0.05, 0.1) is 6.26 Å². The minimum Gasteiger partial charge on any atom is -0.339 e. The number of rotatable bonds is 4. The van der Waals surface area contributed by atoms with E-state index in [9.17, 15) is 13.2 Å². The first-order valence-electron chi connectivity index (χ1n) is 9.27. The van der Waals surface area contributed by atoms with Crippen LogP contribution in [0.2, 0.25) is 0 Å². The summed E-state index contributed by atoms with van der Waals surface area (Å²) in [5.41, 5.74) is 2.01. The fourth-order valence-corrected chi connectivity index (χ4v) is 4.72. The molecule has 2 fully saturated rings. The Hall–Kier alpha value is -1.40. The number of piperidine rings is 2. The van der Waals surface area contributed by atoms with Crippen LogP contribution in [0, 0.1) is 5.92 Å². The van der Waals surface area contributed by atoms with Crippen LogP contribution < -0.4 is 0 Å². The molecule has 0 spiro atoms. The van der Waals surface area contributed by atoms with E-state index in [0.717, 1.165) is 50.8 Å². The molecule has 5 nitrogen and oxygen atoms in total. The summed E-state index contributed by atoms with van der Waals surface area (Å²) in [6.07, 6.45) is 7.48. The van der Waals surface area contributed by atoms with E-state index < -0.39 is 10.0 Å². The van der Waals surface area contributed by atoms with Crippen molar-refractivity contribution in [3.05, 3.63) is 35.4 Å². The van der Waals surface area contributed by atoms with Crippen LogP contribution in [0.15, 0.2) is 24.3 Å². The second-order valence-electron chi connectivity index (χ2n) is 7.36. The molecule has 1 aromatic rings. The molecule has 0 saturated carbocycles. The van der Waals surface area contributed by atoms with Crippen LogP contribution in [0.5, 0.6) is 0 Å². The summed E-state index contributed by atoms with van der Waals surface area (Å²) < 4.78 is 24.7. The lowest BCUT2D eigenvalue weighted by Gasteiger charge is -2.30. The maximum absolute atomic E-state index is 12.5. The van der Waals surface area contributed by atoms with Crippen LogP contribution in [-0.2, 0) is 16.4 Å². The number of benzene rings is 1. The Morgan fingerprint density at radius 1 is 1.00 bits per heavy atom. The van der Waals surface area contributed by atoms with Crippen molar-refractivity contribution in [2.75, 3.05) is 32.4 Å². The molecule has 0 aromatic heterocycles. The van der Waals surface area contributed by atoms with Gasteiger partial charge < -0.3 is 4.90 Å². The zero-order valence-electron chi connectivity index (χ0n) is 15.0. The van der Waals surface area contributed by atoms with Crippen LogP contribution in [0.1, 0.15) is 48.0 Å². The van der Waals surface area contributed by atoms with E-state index in [1.54, 1.807) is 4.31 Å². The van der Waals surface area contributed by atoms with Gasteiger partial charge in [-0.1, -0.05) is 12.1 Å². The zero-order valence-corrected chi connectivity index (χ0v) is 15.8. The molecule has 0 aliphatic carbocycles. The van der Waals surface area contributed by atoms with Crippen molar-refractivity contribution in [1.82, 2.24) is 9.21 Å². The first-order valence-corrected chi connectivity index (χ1v) is 11.1. The maximum Gasteiger partial charge on any atom is 0.253 e. The Morgan fingerprint density at radius 3 is 2.16 bits per heavy atom. The van der Waals surface area contributed by atoms with Gasteiger partial charge in [0, 0.05) is 31.7 Å². The van der Waals surface area contributed by atoms with Crippen molar-refractivity contribution in [2.45, 2.75) is 38.5 Å². The Bertz CT molecular complexity index is 686. The molecule has 2 aliphatic rings. The summed E-state index contributed by atoms with van der Waals surface area (Å²) in [5.74, 6) is 0.661. The number of nitrogens with zero attached hydrogens (tertiary/aromatic N) is 2. The van der Waals surface area contributed by atoms with Crippen molar-refractivity contribution < 1.29 is 13.2 Å². The summed E-state index contributed by atoms with van der Waals surface area (Å²) in [7, 11) is -3.06. The van der Waals surface area contributed by atoms with Gasteiger partial charge in [-0.3, -0.25) is 4.79 Å². The van der Waals surface area contributed by atoms with Crippen molar-refractivity contribution in [1.29, 1.82) is 0 Å². The lowest BCUT2D eigenvalue weighted by atomic mass is 9.90. The second-order valence-corrected chi connectivity index (χ2v) is 9.34. The van der Waals surface area contributed by atoms with Crippen LogP contribution in [0.3, 0.4) is 0 Å². The Kier molecular flexibility index (Phi) is 5.79. The Labute approximate surface area is 151 Å². The molecule has 3 rings (SSSR count). The normalized spacial score (nSPS) is 20.6. The molecule has 0 N–H and O–H groups in total. The molecule has 0 radical (unpaired) electrons. The van der Waals surface area contributed by atoms with Crippen molar-refractivity contribution in [3.8, 4) is 0 Å². The summed E-state index contributed by atoms with van der Waals surface area (Å²) in [4.78, 5) is 14.5. The topological polar surface area (TPSA) is 57.7 Å². The predicted molar refractivity (Wildman–Crippen MR) is 99.0 cm³/mol. The van der Waals surface area contributed by atoms with Gasteiger partial charge in [0.2, 0.25) is 10.0 Å². The van der Waals surface area contributed by atoms with Gasteiger partial charge in [-0.15, -0.1) is 0 Å². The minimum absolute atomic E-state index is 0.146. The lowest BCUT2D eigenvalue weighted by Crippen LogP contribution is -2.38. The molecule has 138 valence electrons. The first-order chi connectivity index (χ1) is 11.9. The predicted octanol–water partition coefficient (Wildman–Crippen LogP) is 2.53. The average Bonchev–Trinajstić information content (AvgIpc) is 2.62. The molecule has 2 aliphatic heterocycles. The van der Waals surface area contributed by atoms with Crippen LogP contribution in [0.4, 0.5) is 0 Å². The molecule has 25 heavy (non-hydrogen) atoms. The molecule has 1 aromatic carbocycles. The van der Waals surface area contributed by atoms with Gasteiger partial charge in [-0.25, -0.2) is 12.7 Å². The van der Waals surface area contributed by atoms with Crippen molar-refractivity contribution in [2.24, 2.45) is 5.92 Å². The fraction of sp³-hybridized carbons (Fsp3) is 0.632. The highest BCUT2D eigenvalue weighted by molar-refractivity contribution is 7.88. The molecule has 2 saturated heterocycles. The SMILES string of the molecule is CS(=O)(=O)N1CCC(Cc2ccc(C(=O)N3CCCCC3)cc2)CC1. The molecule has 6 heteroatoms. The maximum atomic E-state index is 12.5. The van der Waals surface area contributed by atoms with E-state index in [2.05, 4.69) is 12.1 Å². The molecule has 0 atom stereocenters. The third-order valence-corrected chi connectivity index (χ3v) is 6.71. The third kappa shape index (κ3) is 4.82. The molecular weight excluding hydrogens is 336 g/mol. The van der Waals surface area contributed by atoms with Gasteiger partial charge in [-0.05, 0) is 62.1 Å². The van der Waals surface area contributed by atoms with Crippen molar-refractivity contribution >= 4 is 15.9 Å². The summed E-state index contributed by atoms with van der Waals surface area (Å²) in [5, 5.41) is 0. The summed E-state index contributed by atoms with van der Waals surface area (Å²) >= 11 is 0. The number of hydrogen-bond donors (Lipinski definition) is 0. The summed E-state index contributed by atoms with van der Waals surface area (Å²) in [6.45, 7) is 2.99. The molecule has 0 bridgehead atoms. The Balaban J connectivity index is 1.54. The van der Waals surface area contributed by atoms with E-state index >= 15 is 0 Å². The average molecular weight is 365 g/mol. The number of amides is 1. The van der Waals surface area contributed by atoms with E-state index in [1.807, 2.05) is 17.0 Å². The van der Waals surface area contributed by atoms with Gasteiger partial charge >= 0.3 is 0 Å². The molecule has 1 amide bonds. The van der Waals surface area contributed by atoms with Gasteiger partial charge in [0.1, 0.15) is 0 Å². The van der Waals surface area contributed by atoms with Crippen molar-refractivity contribution in [3.63, 3.8) is 0 Å². The second kappa shape index (κ2) is 7.87. The number of carbonyl (C=O) groups excluding carboxylic acids is 1. The Morgan fingerprint density at radius 2 is 1.60 bits per heavy atom. The number of sulfonamides is 1. The third-order valence-electron chi connectivity index (χ3n) is 5.41. The number of likely N-dealkylation sites (tertiary alicyclic amines) is 1. The van der Waals surface area contributed by atoms with E-state index in [-0.39, 0.29) is 5.91 Å². The van der Waals surface area contributed by atoms with E-state index in [1.165, 1.54) is 18.2 Å². The number of hydrogen-bond acceptors (Lipinski definition) is 3. The minimum atomic E-state index is -3.06.